The Balaban J connectivity index is 2.48. The highest BCUT2D eigenvalue weighted by Gasteiger charge is 2.17. The molecule has 1 aromatic heterocycles. The molecule has 0 saturated carbocycles. The fourth-order valence-electron chi connectivity index (χ4n) is 1.85. The first kappa shape index (κ1) is 14.4. The molecule has 2 rings (SSSR count). The van der Waals surface area contributed by atoms with Gasteiger partial charge in [-0.1, -0.05) is 42.5 Å². The first-order valence-corrected chi connectivity index (χ1v) is 7.26. The van der Waals surface area contributed by atoms with E-state index in [0.29, 0.717) is 11.2 Å². The van der Waals surface area contributed by atoms with Gasteiger partial charge in [0, 0.05) is 12.3 Å². The number of ether oxygens (including phenoxy) is 1. The van der Waals surface area contributed by atoms with Crippen LogP contribution in [0.3, 0.4) is 0 Å². The molecule has 100 valence electrons. The average Bonchev–Trinajstić information content (AvgIpc) is 2.42. The molecular weight excluding hydrogens is 324 g/mol. The summed E-state index contributed by atoms with van der Waals surface area (Å²) in [5.74, 6) is 0.735. The number of hydrogen-bond acceptors (Lipinski definition) is 3. The summed E-state index contributed by atoms with van der Waals surface area (Å²) < 4.78 is 7.18. The molecule has 5 heteroatoms. The van der Waals surface area contributed by atoms with Crippen LogP contribution in [-0.4, -0.2) is 16.6 Å². The molecule has 0 bridgehead atoms. The molecule has 0 aliphatic carbocycles. The smallest absolute Gasteiger partial charge is 0.144 e. The van der Waals surface area contributed by atoms with Crippen molar-refractivity contribution in [1.29, 1.82) is 0 Å². The molecule has 1 heterocycles. The fourth-order valence-corrected chi connectivity index (χ4v) is 2.28. The van der Waals surface area contributed by atoms with Gasteiger partial charge in [0.05, 0.1) is 4.47 Å². The number of H-pyrrole nitrogens is 1. The topological polar surface area (TPSA) is 37.9 Å². The summed E-state index contributed by atoms with van der Waals surface area (Å²) >= 11 is 8.67. The Labute approximate surface area is 126 Å². The summed E-state index contributed by atoms with van der Waals surface area (Å²) in [5.41, 5.74) is 2.01. The van der Waals surface area contributed by atoms with Gasteiger partial charge in [0.1, 0.15) is 16.6 Å². The highest BCUT2D eigenvalue weighted by molar-refractivity contribution is 9.10. The molecule has 3 nitrogen and oxygen atoms in total. The van der Waals surface area contributed by atoms with Crippen LogP contribution in [0.2, 0.25) is 0 Å². The van der Waals surface area contributed by atoms with Gasteiger partial charge in [-0.25, -0.2) is 4.98 Å². The van der Waals surface area contributed by atoms with Gasteiger partial charge < -0.3 is 9.72 Å². The zero-order valence-corrected chi connectivity index (χ0v) is 13.2. The Morgan fingerprint density at radius 1 is 1.37 bits per heavy atom. The number of nitrogens with one attached hydrogen (secondary N) is 1. The molecule has 1 atom stereocenters. The van der Waals surface area contributed by atoms with E-state index in [1.54, 1.807) is 0 Å². The molecule has 0 amide bonds. The molecule has 1 N–H and O–H groups in total. The van der Waals surface area contributed by atoms with E-state index in [-0.39, 0.29) is 6.10 Å². The van der Waals surface area contributed by atoms with Crippen molar-refractivity contribution in [2.75, 3.05) is 6.61 Å². The monoisotopic (exact) mass is 338 g/mol. The predicted molar refractivity (Wildman–Crippen MR) is 81.8 cm³/mol. The molecule has 0 spiro atoms. The van der Waals surface area contributed by atoms with Crippen molar-refractivity contribution < 1.29 is 4.74 Å². The second-order valence-electron chi connectivity index (χ2n) is 4.11. The maximum Gasteiger partial charge on any atom is 0.144 e. The highest BCUT2D eigenvalue weighted by Crippen LogP contribution is 2.25. The molecular formula is C14H15BrN2OS. The van der Waals surface area contributed by atoms with E-state index in [0.717, 1.165) is 21.6 Å². The van der Waals surface area contributed by atoms with Gasteiger partial charge in [0.2, 0.25) is 0 Å². The SMILES string of the molecule is CCOC(c1ccccc1)c1nc(=S)c(Br)c(C)[nH]1. The first-order valence-electron chi connectivity index (χ1n) is 6.06. The lowest BCUT2D eigenvalue weighted by Crippen LogP contribution is -2.11. The molecule has 0 aliphatic rings. The number of nitrogens with zero attached hydrogens (tertiary/aromatic N) is 1. The standard InChI is InChI=1S/C14H15BrN2OS/c1-3-18-12(10-7-5-4-6-8-10)13-16-9(2)11(15)14(19)17-13/h4-8,12H,3H2,1-2H3,(H,16,17,19). The highest BCUT2D eigenvalue weighted by atomic mass is 79.9. The van der Waals surface area contributed by atoms with Crippen LogP contribution >= 0.6 is 28.1 Å². The van der Waals surface area contributed by atoms with E-state index in [9.17, 15) is 0 Å². The van der Waals surface area contributed by atoms with Crippen molar-refractivity contribution in [2.24, 2.45) is 0 Å². The van der Waals surface area contributed by atoms with Crippen molar-refractivity contribution >= 4 is 28.1 Å². The summed E-state index contributed by atoms with van der Waals surface area (Å²) in [5, 5.41) is 0. The third kappa shape index (κ3) is 3.29. The summed E-state index contributed by atoms with van der Waals surface area (Å²) in [6, 6.07) is 10.0. The van der Waals surface area contributed by atoms with Crippen molar-refractivity contribution in [3.05, 3.63) is 56.5 Å². The fraction of sp³-hybridized carbons (Fsp3) is 0.286. The lowest BCUT2D eigenvalue weighted by Gasteiger charge is -2.17. The zero-order chi connectivity index (χ0) is 13.8. The van der Waals surface area contributed by atoms with Gasteiger partial charge >= 0.3 is 0 Å². The van der Waals surface area contributed by atoms with Gasteiger partial charge in [-0.3, -0.25) is 0 Å². The van der Waals surface area contributed by atoms with Crippen LogP contribution in [-0.2, 0) is 4.74 Å². The Morgan fingerprint density at radius 2 is 2.05 bits per heavy atom. The number of aromatic amines is 1. The molecule has 0 radical (unpaired) electrons. The van der Waals surface area contributed by atoms with Gasteiger partial charge in [0.25, 0.3) is 0 Å². The summed E-state index contributed by atoms with van der Waals surface area (Å²) in [6.45, 7) is 4.53. The van der Waals surface area contributed by atoms with Crippen LogP contribution in [0.5, 0.6) is 0 Å². The second kappa shape index (κ2) is 6.41. The number of hydrogen-bond donors (Lipinski definition) is 1. The molecule has 1 aromatic carbocycles. The van der Waals surface area contributed by atoms with Crippen molar-refractivity contribution in [2.45, 2.75) is 20.0 Å². The minimum absolute atomic E-state index is 0.222. The van der Waals surface area contributed by atoms with E-state index in [4.69, 9.17) is 17.0 Å². The third-order valence-electron chi connectivity index (χ3n) is 2.74. The number of rotatable bonds is 4. The van der Waals surface area contributed by atoms with E-state index >= 15 is 0 Å². The van der Waals surface area contributed by atoms with Crippen LogP contribution in [0.1, 0.15) is 30.1 Å². The van der Waals surface area contributed by atoms with Crippen molar-refractivity contribution in [3.63, 3.8) is 0 Å². The minimum Gasteiger partial charge on any atom is -0.366 e. The Hall–Kier alpha value is -1.04. The van der Waals surface area contributed by atoms with Crippen LogP contribution in [0, 0.1) is 11.6 Å². The molecule has 2 aromatic rings. The summed E-state index contributed by atoms with van der Waals surface area (Å²) in [4.78, 5) is 7.67. The molecule has 19 heavy (non-hydrogen) atoms. The normalized spacial score (nSPS) is 12.4. The minimum atomic E-state index is -0.222. The largest absolute Gasteiger partial charge is 0.366 e. The van der Waals surface area contributed by atoms with Gasteiger partial charge in [-0.05, 0) is 35.3 Å². The van der Waals surface area contributed by atoms with E-state index in [2.05, 4.69) is 25.9 Å². The van der Waals surface area contributed by atoms with E-state index in [1.165, 1.54) is 0 Å². The van der Waals surface area contributed by atoms with Gasteiger partial charge in [-0.15, -0.1) is 0 Å². The number of aromatic nitrogens is 2. The van der Waals surface area contributed by atoms with Gasteiger partial charge in [-0.2, -0.15) is 0 Å². The van der Waals surface area contributed by atoms with Crippen LogP contribution in [0.15, 0.2) is 34.8 Å². The van der Waals surface area contributed by atoms with Crippen LogP contribution in [0.4, 0.5) is 0 Å². The lowest BCUT2D eigenvalue weighted by molar-refractivity contribution is 0.0849. The number of halogens is 1. The van der Waals surface area contributed by atoms with Gasteiger partial charge in [0.15, 0.2) is 0 Å². The Bertz CT molecular complexity index is 613. The van der Waals surface area contributed by atoms with E-state index < -0.39 is 0 Å². The molecule has 0 fully saturated rings. The van der Waals surface area contributed by atoms with Crippen molar-refractivity contribution in [3.8, 4) is 0 Å². The zero-order valence-electron chi connectivity index (χ0n) is 10.8. The summed E-state index contributed by atoms with van der Waals surface area (Å²) in [7, 11) is 0. The Kier molecular flexibility index (Phi) is 4.85. The quantitative estimate of drug-likeness (QED) is 0.843. The average molecular weight is 339 g/mol. The predicted octanol–water partition coefficient (Wildman–Crippen LogP) is 4.34. The number of benzene rings is 1. The van der Waals surface area contributed by atoms with Crippen LogP contribution < -0.4 is 0 Å². The first-order chi connectivity index (χ1) is 9.13. The molecule has 0 aliphatic heterocycles. The maximum atomic E-state index is 5.81. The van der Waals surface area contributed by atoms with Crippen LogP contribution in [0.25, 0.3) is 0 Å². The lowest BCUT2D eigenvalue weighted by atomic mass is 10.1. The second-order valence-corrected chi connectivity index (χ2v) is 5.29. The van der Waals surface area contributed by atoms with E-state index in [1.807, 2.05) is 44.2 Å². The third-order valence-corrected chi connectivity index (χ3v) is 4.27. The molecule has 0 saturated heterocycles. The van der Waals surface area contributed by atoms with Crippen molar-refractivity contribution in [1.82, 2.24) is 9.97 Å². The Morgan fingerprint density at radius 3 is 2.63 bits per heavy atom. The molecule has 1 unspecified atom stereocenters. The summed E-state index contributed by atoms with van der Waals surface area (Å²) in [6.07, 6.45) is -0.222. The maximum absolute atomic E-state index is 5.81. The number of aryl methyl sites for hydroxylation is 1.